The third kappa shape index (κ3) is 6.17. The first-order valence-electron chi connectivity index (χ1n) is 11.8. The van der Waals surface area contributed by atoms with Gasteiger partial charge in [0.15, 0.2) is 0 Å². The number of allylic oxidation sites excluding steroid dienone is 1. The highest BCUT2D eigenvalue weighted by atomic mass is 32.2. The van der Waals surface area contributed by atoms with Crippen molar-refractivity contribution >= 4 is 28.4 Å². The summed E-state index contributed by atoms with van der Waals surface area (Å²) in [6.45, 7) is 2.14. The summed E-state index contributed by atoms with van der Waals surface area (Å²) in [5, 5.41) is 0. The fourth-order valence-electron chi connectivity index (χ4n) is 4.07. The topological polar surface area (TPSA) is 45.2 Å². The SMILES string of the molecule is CCCCS(=O)CCCc1ccc(C2=CCCC=Nc3[nH]c(-c4ccc(F)cc4)cc32)cc1. The molecule has 3 aromatic rings. The van der Waals surface area contributed by atoms with Crippen molar-refractivity contribution in [2.45, 2.75) is 45.4 Å². The molecule has 0 spiro atoms. The standard InChI is InChI=1S/C28H31FN2OS/c1-2-3-18-33(32)19-6-7-21-9-11-22(12-10-21)25-8-4-5-17-30-28-26(25)20-27(31-28)23-13-15-24(29)16-14-23/h8-17,20,31H,2-7,18-19H2,1H3. The summed E-state index contributed by atoms with van der Waals surface area (Å²) in [6, 6.07) is 17.3. The average molecular weight is 463 g/mol. The van der Waals surface area contributed by atoms with Crippen molar-refractivity contribution in [1.29, 1.82) is 0 Å². The molecule has 3 nitrogen and oxygen atoms in total. The van der Waals surface area contributed by atoms with Gasteiger partial charge in [-0.25, -0.2) is 9.38 Å². The normalized spacial score (nSPS) is 14.3. The Bertz CT molecular complexity index is 1140. The number of aromatic nitrogens is 1. The lowest BCUT2D eigenvalue weighted by molar-refractivity contribution is 0.628. The smallest absolute Gasteiger partial charge is 0.137 e. The molecule has 0 saturated carbocycles. The van der Waals surface area contributed by atoms with Crippen molar-refractivity contribution in [3.63, 3.8) is 0 Å². The lowest BCUT2D eigenvalue weighted by Crippen LogP contribution is -2.03. The van der Waals surface area contributed by atoms with Crippen LogP contribution >= 0.6 is 0 Å². The molecule has 5 heteroatoms. The van der Waals surface area contributed by atoms with Gasteiger partial charge in [-0.2, -0.15) is 0 Å². The van der Waals surface area contributed by atoms with Crippen molar-refractivity contribution in [1.82, 2.24) is 4.98 Å². The Morgan fingerprint density at radius 1 is 0.970 bits per heavy atom. The zero-order valence-corrected chi connectivity index (χ0v) is 20.0. The molecule has 0 radical (unpaired) electrons. The lowest BCUT2D eigenvalue weighted by atomic mass is 9.95. The fourth-order valence-corrected chi connectivity index (χ4v) is 5.35. The molecule has 2 heterocycles. The summed E-state index contributed by atoms with van der Waals surface area (Å²) in [5.41, 5.74) is 6.52. The highest BCUT2D eigenvalue weighted by molar-refractivity contribution is 7.84. The van der Waals surface area contributed by atoms with E-state index in [-0.39, 0.29) is 5.82 Å². The van der Waals surface area contributed by atoms with Crippen LogP contribution in [0.5, 0.6) is 0 Å². The van der Waals surface area contributed by atoms with E-state index in [1.165, 1.54) is 23.3 Å². The molecule has 1 unspecified atom stereocenters. The highest BCUT2D eigenvalue weighted by Gasteiger charge is 2.16. The number of hydrogen-bond donors (Lipinski definition) is 1. The van der Waals surface area contributed by atoms with E-state index >= 15 is 0 Å². The van der Waals surface area contributed by atoms with Gasteiger partial charge in [0.05, 0.1) is 0 Å². The zero-order chi connectivity index (χ0) is 23.0. The lowest BCUT2D eigenvalue weighted by Gasteiger charge is -2.11. The first-order valence-corrected chi connectivity index (χ1v) is 13.3. The molecule has 4 rings (SSSR count). The summed E-state index contributed by atoms with van der Waals surface area (Å²) < 4.78 is 25.4. The van der Waals surface area contributed by atoms with E-state index in [1.54, 1.807) is 12.1 Å². The number of aryl methyl sites for hydroxylation is 1. The molecule has 33 heavy (non-hydrogen) atoms. The Morgan fingerprint density at radius 3 is 2.45 bits per heavy atom. The number of rotatable bonds is 9. The van der Waals surface area contributed by atoms with Crippen LogP contribution in [0.15, 0.2) is 65.7 Å². The van der Waals surface area contributed by atoms with Crippen molar-refractivity contribution in [2.24, 2.45) is 4.99 Å². The summed E-state index contributed by atoms with van der Waals surface area (Å²) >= 11 is 0. The van der Waals surface area contributed by atoms with Gasteiger partial charge in [0.1, 0.15) is 11.6 Å². The van der Waals surface area contributed by atoms with Crippen LogP contribution in [0.1, 0.15) is 55.7 Å². The summed E-state index contributed by atoms with van der Waals surface area (Å²) in [6.07, 6.45) is 10.1. The maximum absolute atomic E-state index is 13.4. The molecule has 0 fully saturated rings. The number of fused-ring (bicyclic) bond motifs is 1. The van der Waals surface area contributed by atoms with Gasteiger partial charge in [0, 0.05) is 39.8 Å². The van der Waals surface area contributed by atoms with Gasteiger partial charge in [0.25, 0.3) is 0 Å². The quantitative estimate of drug-likeness (QED) is 0.358. The number of unbranched alkanes of at least 4 members (excludes halogenated alkanes) is 1. The summed E-state index contributed by atoms with van der Waals surface area (Å²) in [7, 11) is -0.692. The second kappa shape index (κ2) is 11.4. The third-order valence-electron chi connectivity index (χ3n) is 5.93. The van der Waals surface area contributed by atoms with Gasteiger partial charge >= 0.3 is 0 Å². The monoisotopic (exact) mass is 462 g/mol. The van der Waals surface area contributed by atoms with Crippen molar-refractivity contribution in [3.8, 4) is 11.3 Å². The number of aliphatic imine (C=N–C) groups is 1. The molecular weight excluding hydrogens is 431 g/mol. The second-order valence-corrected chi connectivity index (χ2v) is 10.2. The fraction of sp³-hybridized carbons (Fsp3) is 0.321. The molecule has 2 aromatic carbocycles. The second-order valence-electron chi connectivity index (χ2n) is 8.46. The Balaban J connectivity index is 1.51. The third-order valence-corrected chi connectivity index (χ3v) is 7.42. The van der Waals surface area contributed by atoms with Crippen molar-refractivity contribution in [3.05, 3.63) is 83.2 Å². The van der Waals surface area contributed by atoms with E-state index in [9.17, 15) is 8.60 Å². The Hall–Kier alpha value is -2.79. The van der Waals surface area contributed by atoms with E-state index < -0.39 is 10.8 Å². The minimum Gasteiger partial charge on any atom is -0.339 e. The Kier molecular flexibility index (Phi) is 8.05. The largest absolute Gasteiger partial charge is 0.339 e. The number of benzene rings is 2. The predicted octanol–water partition coefficient (Wildman–Crippen LogP) is 7.23. The predicted molar refractivity (Wildman–Crippen MR) is 138 cm³/mol. The Morgan fingerprint density at radius 2 is 1.70 bits per heavy atom. The molecule has 1 N–H and O–H groups in total. The molecule has 1 atom stereocenters. The van der Waals surface area contributed by atoms with Gasteiger partial charge in [0.2, 0.25) is 0 Å². The molecule has 172 valence electrons. The van der Waals surface area contributed by atoms with Gasteiger partial charge < -0.3 is 4.98 Å². The summed E-state index contributed by atoms with van der Waals surface area (Å²) in [4.78, 5) is 8.07. The molecule has 0 saturated heterocycles. The molecule has 0 aliphatic carbocycles. The number of H-pyrrole nitrogens is 1. The van der Waals surface area contributed by atoms with Gasteiger partial charge in [-0.1, -0.05) is 43.7 Å². The number of nitrogens with one attached hydrogen (secondary N) is 1. The van der Waals surface area contributed by atoms with E-state index in [1.807, 2.05) is 6.21 Å². The van der Waals surface area contributed by atoms with Crippen LogP contribution in [0.2, 0.25) is 0 Å². The van der Waals surface area contributed by atoms with Crippen LogP contribution in [0.25, 0.3) is 16.8 Å². The molecule has 1 aromatic heterocycles. The molecule has 0 bridgehead atoms. The number of hydrogen-bond acceptors (Lipinski definition) is 2. The zero-order valence-electron chi connectivity index (χ0n) is 19.1. The van der Waals surface area contributed by atoms with E-state index in [0.29, 0.717) is 0 Å². The van der Waals surface area contributed by atoms with Crippen molar-refractivity contribution < 1.29 is 8.60 Å². The van der Waals surface area contributed by atoms with Crippen LogP contribution in [-0.4, -0.2) is 26.9 Å². The minimum atomic E-state index is -0.692. The first kappa shape index (κ1) is 23.4. The minimum absolute atomic E-state index is 0.241. The number of halogens is 1. The highest BCUT2D eigenvalue weighted by Crippen LogP contribution is 2.36. The average Bonchev–Trinajstić information content (AvgIpc) is 3.22. The van der Waals surface area contributed by atoms with E-state index in [4.69, 9.17) is 0 Å². The molecule has 1 aliphatic rings. The molecular formula is C28H31FN2OS. The molecule has 0 amide bonds. The van der Waals surface area contributed by atoms with E-state index in [2.05, 4.69) is 53.3 Å². The first-order chi connectivity index (χ1) is 16.1. The maximum Gasteiger partial charge on any atom is 0.137 e. The maximum atomic E-state index is 13.4. The van der Waals surface area contributed by atoms with Crippen LogP contribution in [-0.2, 0) is 17.2 Å². The number of nitrogens with zero attached hydrogens (tertiary/aromatic N) is 1. The molecule has 1 aliphatic heterocycles. The number of aromatic amines is 1. The van der Waals surface area contributed by atoms with Gasteiger partial charge in [-0.05, 0) is 84.7 Å². The van der Waals surface area contributed by atoms with Gasteiger partial charge in [-0.15, -0.1) is 0 Å². The van der Waals surface area contributed by atoms with Crippen LogP contribution in [0, 0.1) is 5.82 Å². The van der Waals surface area contributed by atoms with Crippen LogP contribution < -0.4 is 0 Å². The van der Waals surface area contributed by atoms with Crippen LogP contribution in [0.4, 0.5) is 10.2 Å². The van der Waals surface area contributed by atoms with Crippen LogP contribution in [0.3, 0.4) is 0 Å². The summed E-state index contributed by atoms with van der Waals surface area (Å²) in [5.74, 6) is 2.20. The van der Waals surface area contributed by atoms with E-state index in [0.717, 1.165) is 78.2 Å². The van der Waals surface area contributed by atoms with Gasteiger partial charge in [-0.3, -0.25) is 4.21 Å². The Labute approximate surface area is 198 Å². The van der Waals surface area contributed by atoms with Crippen molar-refractivity contribution in [2.75, 3.05) is 11.5 Å².